The van der Waals surface area contributed by atoms with Crippen molar-refractivity contribution in [2.24, 2.45) is 11.7 Å². The zero-order valence-corrected chi connectivity index (χ0v) is 13.6. The quantitative estimate of drug-likeness (QED) is 0.639. The Morgan fingerprint density at radius 1 is 1.32 bits per heavy atom. The normalized spacial score (nSPS) is 15.2. The zero-order chi connectivity index (χ0) is 15.1. The summed E-state index contributed by atoms with van der Waals surface area (Å²) in [4.78, 5) is 14.0. The van der Waals surface area contributed by atoms with Crippen molar-refractivity contribution in [3.05, 3.63) is 0 Å². The lowest BCUT2D eigenvalue weighted by molar-refractivity contribution is -0.124. The Balaban J connectivity index is 4.68. The fourth-order valence-corrected chi connectivity index (χ4v) is 2.44. The molecule has 0 bridgehead atoms. The standard InChI is InChI=1S/C15H33N3O/c1-7-13(8-2)18(11-12(3)4)10-9-15(5,17-6)14(16)19/h12-13,17H,7-11H2,1-6H3,(H2,16,19). The number of amides is 1. The predicted molar refractivity (Wildman–Crippen MR) is 82.1 cm³/mol. The second kappa shape index (κ2) is 8.54. The van der Waals surface area contributed by atoms with Crippen LogP contribution in [0.1, 0.15) is 53.9 Å². The van der Waals surface area contributed by atoms with Crippen LogP contribution in [0.25, 0.3) is 0 Å². The highest BCUT2D eigenvalue weighted by Gasteiger charge is 2.30. The predicted octanol–water partition coefficient (Wildman–Crippen LogP) is 1.99. The Hall–Kier alpha value is -0.610. The number of likely N-dealkylation sites (N-methyl/N-ethyl adjacent to an activating group) is 1. The molecule has 19 heavy (non-hydrogen) atoms. The van der Waals surface area contributed by atoms with Gasteiger partial charge in [-0.25, -0.2) is 0 Å². The Kier molecular flexibility index (Phi) is 8.26. The third kappa shape index (κ3) is 5.91. The molecule has 0 aliphatic rings. The van der Waals surface area contributed by atoms with E-state index in [1.807, 2.05) is 6.92 Å². The van der Waals surface area contributed by atoms with E-state index in [0.717, 1.165) is 32.4 Å². The molecule has 1 unspecified atom stereocenters. The Bertz CT molecular complexity index is 264. The van der Waals surface area contributed by atoms with Gasteiger partial charge in [-0.15, -0.1) is 0 Å². The number of carbonyl (C=O) groups is 1. The largest absolute Gasteiger partial charge is 0.368 e. The number of hydrogen-bond acceptors (Lipinski definition) is 3. The van der Waals surface area contributed by atoms with Crippen molar-refractivity contribution in [1.82, 2.24) is 10.2 Å². The molecule has 0 fully saturated rings. The van der Waals surface area contributed by atoms with E-state index in [1.165, 1.54) is 0 Å². The first-order chi connectivity index (χ1) is 8.80. The number of carbonyl (C=O) groups excluding carboxylic acids is 1. The molecular formula is C15H33N3O. The van der Waals surface area contributed by atoms with E-state index < -0.39 is 5.54 Å². The van der Waals surface area contributed by atoms with Crippen LogP contribution in [0.15, 0.2) is 0 Å². The summed E-state index contributed by atoms with van der Waals surface area (Å²) in [6.45, 7) is 12.8. The molecule has 1 atom stereocenters. The molecule has 114 valence electrons. The summed E-state index contributed by atoms with van der Waals surface area (Å²) in [6, 6.07) is 0.594. The summed E-state index contributed by atoms with van der Waals surface area (Å²) in [7, 11) is 1.80. The third-order valence-corrected chi connectivity index (χ3v) is 4.05. The molecule has 0 radical (unpaired) electrons. The molecule has 0 aromatic rings. The fraction of sp³-hybridized carbons (Fsp3) is 0.933. The van der Waals surface area contributed by atoms with Gasteiger partial charge in [0.05, 0.1) is 5.54 Å². The van der Waals surface area contributed by atoms with Crippen LogP contribution >= 0.6 is 0 Å². The van der Waals surface area contributed by atoms with Gasteiger partial charge in [-0.2, -0.15) is 0 Å². The summed E-state index contributed by atoms with van der Waals surface area (Å²) < 4.78 is 0. The molecular weight excluding hydrogens is 238 g/mol. The van der Waals surface area contributed by atoms with Gasteiger partial charge in [0, 0.05) is 19.1 Å². The smallest absolute Gasteiger partial charge is 0.237 e. The minimum Gasteiger partial charge on any atom is -0.368 e. The van der Waals surface area contributed by atoms with E-state index in [9.17, 15) is 4.79 Å². The van der Waals surface area contributed by atoms with E-state index in [2.05, 4.69) is 37.9 Å². The van der Waals surface area contributed by atoms with Gasteiger partial charge in [-0.1, -0.05) is 27.7 Å². The van der Waals surface area contributed by atoms with Crippen LogP contribution in [0.3, 0.4) is 0 Å². The first-order valence-electron chi connectivity index (χ1n) is 7.53. The molecule has 0 heterocycles. The third-order valence-electron chi connectivity index (χ3n) is 4.05. The van der Waals surface area contributed by atoms with Crippen LogP contribution in [0, 0.1) is 5.92 Å². The molecule has 0 aliphatic heterocycles. The van der Waals surface area contributed by atoms with Crippen LogP contribution in [0.4, 0.5) is 0 Å². The minimum absolute atomic E-state index is 0.274. The van der Waals surface area contributed by atoms with Crippen LogP contribution in [0.2, 0.25) is 0 Å². The van der Waals surface area contributed by atoms with Crippen LogP contribution < -0.4 is 11.1 Å². The molecule has 0 aromatic carbocycles. The number of nitrogens with one attached hydrogen (secondary N) is 1. The number of hydrogen-bond donors (Lipinski definition) is 2. The van der Waals surface area contributed by atoms with E-state index in [-0.39, 0.29) is 5.91 Å². The Morgan fingerprint density at radius 3 is 2.16 bits per heavy atom. The first kappa shape index (κ1) is 18.4. The van der Waals surface area contributed by atoms with Gasteiger partial charge in [-0.05, 0) is 39.2 Å². The molecule has 0 aliphatic carbocycles. The van der Waals surface area contributed by atoms with Gasteiger partial charge in [0.1, 0.15) is 0 Å². The maximum absolute atomic E-state index is 11.5. The number of rotatable bonds is 10. The van der Waals surface area contributed by atoms with E-state index >= 15 is 0 Å². The molecule has 4 nitrogen and oxygen atoms in total. The van der Waals surface area contributed by atoms with Gasteiger partial charge >= 0.3 is 0 Å². The van der Waals surface area contributed by atoms with Gasteiger partial charge in [-0.3, -0.25) is 4.79 Å². The lowest BCUT2D eigenvalue weighted by atomic mass is 9.95. The average molecular weight is 271 g/mol. The Morgan fingerprint density at radius 2 is 1.84 bits per heavy atom. The summed E-state index contributed by atoms with van der Waals surface area (Å²) in [5.41, 5.74) is 4.88. The van der Waals surface area contributed by atoms with Crippen LogP contribution in [-0.2, 0) is 4.79 Å². The van der Waals surface area contributed by atoms with Crippen molar-refractivity contribution in [3.63, 3.8) is 0 Å². The monoisotopic (exact) mass is 271 g/mol. The minimum atomic E-state index is -0.610. The van der Waals surface area contributed by atoms with Gasteiger partial charge in [0.25, 0.3) is 0 Å². The summed E-state index contributed by atoms with van der Waals surface area (Å²) in [6.07, 6.45) is 3.05. The van der Waals surface area contributed by atoms with E-state index in [4.69, 9.17) is 5.73 Å². The molecule has 0 spiro atoms. The number of primary amides is 1. The SMILES string of the molecule is CCC(CC)N(CCC(C)(NC)C(N)=O)CC(C)C. The van der Waals surface area contributed by atoms with Crippen molar-refractivity contribution >= 4 is 5.91 Å². The van der Waals surface area contributed by atoms with Crippen molar-refractivity contribution < 1.29 is 4.79 Å². The van der Waals surface area contributed by atoms with Crippen molar-refractivity contribution in [3.8, 4) is 0 Å². The maximum atomic E-state index is 11.5. The second-order valence-corrected chi connectivity index (χ2v) is 6.06. The first-order valence-corrected chi connectivity index (χ1v) is 7.53. The van der Waals surface area contributed by atoms with Gasteiger partial charge in [0.15, 0.2) is 0 Å². The average Bonchev–Trinajstić information content (AvgIpc) is 2.35. The Labute approximate surface area is 119 Å². The second-order valence-electron chi connectivity index (χ2n) is 6.06. The van der Waals surface area contributed by atoms with Crippen LogP contribution in [-0.4, -0.2) is 42.5 Å². The highest BCUT2D eigenvalue weighted by Crippen LogP contribution is 2.16. The van der Waals surface area contributed by atoms with Gasteiger partial charge in [0.2, 0.25) is 5.91 Å². The summed E-state index contributed by atoms with van der Waals surface area (Å²) in [5, 5.41) is 3.06. The molecule has 0 saturated heterocycles. The zero-order valence-electron chi connectivity index (χ0n) is 13.6. The number of nitrogens with two attached hydrogens (primary N) is 1. The summed E-state index contributed by atoms with van der Waals surface area (Å²) >= 11 is 0. The highest BCUT2D eigenvalue weighted by molar-refractivity contribution is 5.84. The fourth-order valence-electron chi connectivity index (χ4n) is 2.44. The van der Waals surface area contributed by atoms with Crippen molar-refractivity contribution in [2.45, 2.75) is 65.5 Å². The maximum Gasteiger partial charge on any atom is 0.237 e. The molecule has 0 aromatic heterocycles. The van der Waals surface area contributed by atoms with Crippen molar-refractivity contribution in [1.29, 1.82) is 0 Å². The summed E-state index contributed by atoms with van der Waals surface area (Å²) in [5.74, 6) is 0.360. The van der Waals surface area contributed by atoms with E-state index in [1.54, 1.807) is 7.05 Å². The highest BCUT2D eigenvalue weighted by atomic mass is 16.1. The van der Waals surface area contributed by atoms with Crippen molar-refractivity contribution in [2.75, 3.05) is 20.1 Å². The van der Waals surface area contributed by atoms with E-state index in [0.29, 0.717) is 12.0 Å². The topological polar surface area (TPSA) is 58.4 Å². The molecule has 1 amide bonds. The lowest BCUT2D eigenvalue weighted by Crippen LogP contribution is -2.53. The molecule has 0 rings (SSSR count). The van der Waals surface area contributed by atoms with Crippen LogP contribution in [0.5, 0.6) is 0 Å². The number of nitrogens with zero attached hydrogens (tertiary/aromatic N) is 1. The molecule has 3 N–H and O–H groups in total. The van der Waals surface area contributed by atoms with Gasteiger partial charge < -0.3 is 16.0 Å². The lowest BCUT2D eigenvalue weighted by Gasteiger charge is -2.35. The molecule has 0 saturated carbocycles. The molecule has 4 heteroatoms.